The van der Waals surface area contributed by atoms with Crippen LogP contribution in [0.4, 0.5) is 0 Å². The third-order valence-electron chi connectivity index (χ3n) is 6.20. The maximum absolute atomic E-state index is 6.51. The van der Waals surface area contributed by atoms with Crippen LogP contribution in [0.2, 0.25) is 0 Å². The second kappa shape index (κ2) is 10.6. The molecule has 170 valence electrons. The Morgan fingerprint density at radius 1 is 0.758 bits per heavy atom. The average molecular weight is 444 g/mol. The number of benzene rings is 3. The lowest BCUT2D eigenvalue weighted by molar-refractivity contribution is -0.259. The van der Waals surface area contributed by atoms with Crippen molar-refractivity contribution in [3.05, 3.63) is 102 Å². The molecule has 2 unspecified atom stereocenters. The monoisotopic (exact) mass is 444 g/mol. The highest BCUT2D eigenvalue weighted by Gasteiger charge is 2.50. The second-order valence-electron chi connectivity index (χ2n) is 8.58. The van der Waals surface area contributed by atoms with Gasteiger partial charge in [-0.3, -0.25) is 0 Å². The molecule has 2 saturated heterocycles. The summed E-state index contributed by atoms with van der Waals surface area (Å²) in [7, 11) is -0.456. The summed E-state index contributed by atoms with van der Waals surface area (Å²) in [5.41, 5.74) is 3.21. The first-order valence-corrected chi connectivity index (χ1v) is 11.6. The van der Waals surface area contributed by atoms with Crippen molar-refractivity contribution in [3.63, 3.8) is 0 Å². The number of ether oxygens (including phenoxy) is 3. The molecule has 33 heavy (non-hydrogen) atoms. The van der Waals surface area contributed by atoms with Crippen molar-refractivity contribution in [2.45, 2.75) is 50.7 Å². The summed E-state index contributed by atoms with van der Waals surface area (Å²) in [6.07, 6.45) is -1.24. The predicted octanol–water partition coefficient (Wildman–Crippen LogP) is 3.76. The van der Waals surface area contributed by atoms with Crippen molar-refractivity contribution in [1.29, 1.82) is 0 Å². The van der Waals surface area contributed by atoms with E-state index in [2.05, 4.69) is 24.3 Å². The van der Waals surface area contributed by atoms with E-state index in [0.29, 0.717) is 19.8 Å². The van der Waals surface area contributed by atoms with Crippen LogP contribution in [0.15, 0.2) is 91.0 Å². The number of fused-ring (bicyclic) bond motifs is 1. The van der Waals surface area contributed by atoms with Gasteiger partial charge in [0.05, 0.1) is 25.9 Å². The summed E-state index contributed by atoms with van der Waals surface area (Å²) in [5.74, 6) is 0. The molecule has 5 rings (SSSR count). The Balaban J connectivity index is 1.36. The molecule has 3 aromatic rings. The van der Waals surface area contributed by atoms with Crippen LogP contribution in [0.5, 0.6) is 0 Å². The van der Waals surface area contributed by atoms with Crippen LogP contribution in [0.1, 0.15) is 18.1 Å². The van der Waals surface area contributed by atoms with Gasteiger partial charge in [-0.25, -0.2) is 0 Å². The summed E-state index contributed by atoms with van der Waals surface area (Å²) in [6, 6.07) is 30.3. The van der Waals surface area contributed by atoms with Gasteiger partial charge in [0.2, 0.25) is 0 Å². The van der Waals surface area contributed by atoms with Gasteiger partial charge in [0.1, 0.15) is 24.4 Å². The number of hydrogen-bond acceptors (Lipinski definition) is 5. The zero-order valence-corrected chi connectivity index (χ0v) is 18.8. The summed E-state index contributed by atoms with van der Waals surface area (Å²) >= 11 is 0. The van der Waals surface area contributed by atoms with Crippen molar-refractivity contribution >= 4 is 12.6 Å². The Labute approximate surface area is 195 Å². The highest BCUT2D eigenvalue weighted by Crippen LogP contribution is 2.32. The van der Waals surface area contributed by atoms with Crippen molar-refractivity contribution in [2.24, 2.45) is 0 Å². The molecule has 0 N–H and O–H groups in total. The fourth-order valence-corrected chi connectivity index (χ4v) is 4.50. The third kappa shape index (κ3) is 5.37. The molecule has 2 heterocycles. The van der Waals surface area contributed by atoms with Gasteiger partial charge in [-0.15, -0.1) is 0 Å². The molecule has 2 aliphatic heterocycles. The number of hydrogen-bond donors (Lipinski definition) is 0. The molecule has 0 amide bonds. The van der Waals surface area contributed by atoms with Crippen molar-refractivity contribution in [1.82, 2.24) is 0 Å². The van der Waals surface area contributed by atoms with Gasteiger partial charge in [0.25, 0.3) is 0 Å². The molecule has 0 saturated carbocycles. The van der Waals surface area contributed by atoms with Crippen molar-refractivity contribution in [2.75, 3.05) is 6.61 Å². The molecular formula is C27H29BO5. The predicted molar refractivity (Wildman–Crippen MR) is 127 cm³/mol. The van der Waals surface area contributed by atoms with Gasteiger partial charge in [-0.1, -0.05) is 91.0 Å². The first-order chi connectivity index (χ1) is 16.3. The van der Waals surface area contributed by atoms with Crippen LogP contribution in [-0.4, -0.2) is 44.2 Å². The highest BCUT2D eigenvalue weighted by atomic mass is 16.7. The average Bonchev–Trinajstić information content (AvgIpc) is 2.88. The Morgan fingerprint density at radius 3 is 1.91 bits per heavy atom. The first kappa shape index (κ1) is 22.3. The second-order valence-corrected chi connectivity index (χ2v) is 8.58. The van der Waals surface area contributed by atoms with Crippen LogP contribution in [-0.2, 0) is 36.7 Å². The van der Waals surface area contributed by atoms with Gasteiger partial charge < -0.3 is 23.5 Å². The van der Waals surface area contributed by atoms with Gasteiger partial charge in [0.15, 0.2) is 0 Å². The molecule has 0 aliphatic carbocycles. The zero-order chi connectivity index (χ0) is 22.5. The fraction of sp³-hybridized carbons (Fsp3) is 0.333. The quantitative estimate of drug-likeness (QED) is 0.520. The molecule has 0 aromatic heterocycles. The topological polar surface area (TPSA) is 46.2 Å². The maximum Gasteiger partial charge on any atom is 0.494 e. The van der Waals surface area contributed by atoms with E-state index in [4.69, 9.17) is 23.5 Å². The minimum atomic E-state index is -0.456. The highest BCUT2D eigenvalue weighted by molar-refractivity contribution is 6.61. The Kier molecular flexibility index (Phi) is 7.20. The molecule has 5 atom stereocenters. The van der Waals surface area contributed by atoms with E-state index in [0.717, 1.165) is 16.6 Å². The van der Waals surface area contributed by atoms with Gasteiger partial charge in [-0.05, 0) is 23.5 Å². The smallest absolute Gasteiger partial charge is 0.404 e. The normalized spacial score (nSPS) is 27.2. The molecule has 0 radical (unpaired) electrons. The Hall–Kier alpha value is -2.48. The van der Waals surface area contributed by atoms with E-state index in [1.807, 2.05) is 73.7 Å². The summed E-state index contributed by atoms with van der Waals surface area (Å²) in [6.45, 7) is 3.45. The minimum absolute atomic E-state index is 0.156. The van der Waals surface area contributed by atoms with Gasteiger partial charge in [-0.2, -0.15) is 0 Å². The van der Waals surface area contributed by atoms with Crippen molar-refractivity contribution in [3.8, 4) is 0 Å². The molecular weight excluding hydrogens is 415 g/mol. The fourth-order valence-electron chi connectivity index (χ4n) is 4.50. The van der Waals surface area contributed by atoms with Crippen LogP contribution < -0.4 is 5.46 Å². The van der Waals surface area contributed by atoms with E-state index in [-0.39, 0.29) is 30.5 Å². The van der Waals surface area contributed by atoms with Crippen molar-refractivity contribution < 1.29 is 23.5 Å². The summed E-state index contributed by atoms with van der Waals surface area (Å²) < 4.78 is 31.7. The molecule has 0 spiro atoms. The maximum atomic E-state index is 6.51. The Bertz CT molecular complexity index is 987. The lowest BCUT2D eigenvalue weighted by Crippen LogP contribution is -2.65. The van der Waals surface area contributed by atoms with Crippen LogP contribution in [0, 0.1) is 0 Å². The SMILES string of the molecule is C[C@@H]1OC2COB(c3ccccc3)O[C@H]2[C@@H](OCc2ccccc2)C1OCc1ccccc1. The van der Waals surface area contributed by atoms with Crippen LogP contribution in [0.25, 0.3) is 0 Å². The van der Waals surface area contributed by atoms with E-state index < -0.39 is 7.12 Å². The first-order valence-electron chi connectivity index (χ1n) is 11.6. The molecule has 2 aliphatic rings. The third-order valence-corrected chi connectivity index (χ3v) is 6.20. The van der Waals surface area contributed by atoms with Gasteiger partial charge >= 0.3 is 7.12 Å². The van der Waals surface area contributed by atoms with E-state index >= 15 is 0 Å². The standard InChI is InChI=1S/C27H29BO5/c1-20-25(29-17-21-11-5-2-6-12-21)27(30-18-22-13-7-3-8-14-22)26-24(32-20)19-31-28(33-26)23-15-9-4-10-16-23/h2-16,20,24-27H,17-19H2,1H3/t20-,24?,25?,26+,27-/m0/s1. The lowest BCUT2D eigenvalue weighted by Gasteiger charge is -2.48. The zero-order valence-electron chi connectivity index (χ0n) is 18.8. The number of rotatable bonds is 7. The van der Waals surface area contributed by atoms with E-state index in [1.54, 1.807) is 0 Å². The Morgan fingerprint density at radius 2 is 1.30 bits per heavy atom. The van der Waals surface area contributed by atoms with E-state index in [1.165, 1.54) is 0 Å². The largest absolute Gasteiger partial charge is 0.494 e. The molecule has 2 fully saturated rings. The molecule has 3 aromatic carbocycles. The summed E-state index contributed by atoms with van der Waals surface area (Å²) in [4.78, 5) is 0. The molecule has 6 heteroatoms. The van der Waals surface area contributed by atoms with Crippen LogP contribution in [0.3, 0.4) is 0 Å². The molecule has 0 bridgehead atoms. The molecule has 5 nitrogen and oxygen atoms in total. The van der Waals surface area contributed by atoms with E-state index in [9.17, 15) is 0 Å². The van der Waals surface area contributed by atoms with Crippen LogP contribution >= 0.6 is 0 Å². The lowest BCUT2D eigenvalue weighted by atomic mass is 9.76. The minimum Gasteiger partial charge on any atom is -0.404 e. The van der Waals surface area contributed by atoms with Gasteiger partial charge in [0, 0.05) is 0 Å². The summed E-state index contributed by atoms with van der Waals surface area (Å²) in [5, 5.41) is 0.